The van der Waals surface area contributed by atoms with E-state index >= 15 is 0 Å². The molecule has 0 bridgehead atoms. The molecule has 0 spiro atoms. The number of fused-ring (bicyclic) bond motifs is 1. The van der Waals surface area contributed by atoms with Crippen molar-refractivity contribution in [3.8, 4) is 11.4 Å². The van der Waals surface area contributed by atoms with Gasteiger partial charge in [-0.1, -0.05) is 0 Å². The number of nitrogens with one attached hydrogen (secondary N) is 2. The monoisotopic (exact) mass is 261 g/mol. The van der Waals surface area contributed by atoms with E-state index in [-0.39, 0.29) is 24.3 Å². The van der Waals surface area contributed by atoms with Crippen LogP contribution in [0.2, 0.25) is 0 Å². The average Bonchev–Trinajstić information content (AvgIpc) is 2.93. The third-order valence-electron chi connectivity index (χ3n) is 3.09. The number of aromatic amines is 1. The van der Waals surface area contributed by atoms with Gasteiger partial charge in [0.25, 0.3) is 5.91 Å². The summed E-state index contributed by atoms with van der Waals surface area (Å²) in [5.41, 5.74) is 8.04. The molecule has 0 aromatic carbocycles. The number of carbonyl (C=O) groups excluding carboxylic acids is 1. The first-order valence-electron chi connectivity index (χ1n) is 5.87. The highest BCUT2D eigenvalue weighted by molar-refractivity contribution is 6.00. The molecule has 1 unspecified atom stereocenters. The number of hydrogen-bond donors (Lipinski definition) is 3. The molecule has 3 rings (SSSR count). The van der Waals surface area contributed by atoms with Crippen LogP contribution in [0.1, 0.15) is 28.5 Å². The van der Waals surface area contributed by atoms with Crippen LogP contribution in [0.4, 0.5) is 10.3 Å². The van der Waals surface area contributed by atoms with E-state index in [1.165, 1.54) is 0 Å². The Hall–Kier alpha value is -2.44. The number of amides is 1. The number of nitrogens with two attached hydrogens (primary N) is 1. The number of aromatic nitrogens is 3. The minimum Gasteiger partial charge on any atom is -0.368 e. The Morgan fingerprint density at radius 1 is 1.47 bits per heavy atom. The number of hydrogen-bond acceptors (Lipinski definition) is 4. The number of H-pyrrole nitrogens is 1. The van der Waals surface area contributed by atoms with E-state index in [9.17, 15) is 9.18 Å². The second-order valence-corrected chi connectivity index (χ2v) is 4.31. The predicted molar refractivity (Wildman–Crippen MR) is 67.0 cm³/mol. The zero-order chi connectivity index (χ0) is 13.4. The number of nitrogen functional groups attached to an aromatic ring is 1. The van der Waals surface area contributed by atoms with E-state index in [4.69, 9.17) is 5.73 Å². The molecule has 0 radical (unpaired) electrons. The Morgan fingerprint density at radius 2 is 2.32 bits per heavy atom. The maximum absolute atomic E-state index is 12.4. The lowest BCUT2D eigenvalue weighted by Gasteiger charge is -2.08. The molecule has 7 heteroatoms. The number of carbonyl (C=O) groups is 1. The largest absolute Gasteiger partial charge is 0.368 e. The van der Waals surface area contributed by atoms with Crippen molar-refractivity contribution in [3.63, 3.8) is 0 Å². The molecule has 1 aliphatic heterocycles. The van der Waals surface area contributed by atoms with Crippen LogP contribution in [-0.4, -0.2) is 27.5 Å². The second-order valence-electron chi connectivity index (χ2n) is 4.31. The van der Waals surface area contributed by atoms with Crippen LogP contribution in [0.15, 0.2) is 18.3 Å². The maximum atomic E-state index is 12.4. The molecule has 2 aromatic rings. The maximum Gasteiger partial charge on any atom is 0.253 e. The molecule has 0 fully saturated rings. The highest BCUT2D eigenvalue weighted by Crippen LogP contribution is 2.31. The molecule has 4 N–H and O–H groups in total. The van der Waals surface area contributed by atoms with Crippen LogP contribution in [0, 0.1) is 0 Å². The summed E-state index contributed by atoms with van der Waals surface area (Å²) in [6, 6.07) is 3.09. The van der Waals surface area contributed by atoms with E-state index in [0.29, 0.717) is 22.6 Å². The predicted octanol–water partition coefficient (Wildman–Crippen LogP) is 1.20. The van der Waals surface area contributed by atoms with Crippen LogP contribution in [-0.2, 0) is 0 Å². The van der Waals surface area contributed by atoms with Gasteiger partial charge < -0.3 is 16.0 Å². The van der Waals surface area contributed by atoms with E-state index in [0.717, 1.165) is 0 Å². The van der Waals surface area contributed by atoms with Crippen molar-refractivity contribution in [1.29, 1.82) is 0 Å². The van der Waals surface area contributed by atoms with Gasteiger partial charge in [0, 0.05) is 12.6 Å². The highest BCUT2D eigenvalue weighted by atomic mass is 19.1. The minimum atomic E-state index is -0.487. The molecule has 2 aromatic heterocycles. The van der Waals surface area contributed by atoms with Crippen molar-refractivity contribution in [2.45, 2.75) is 12.5 Å². The van der Waals surface area contributed by atoms with Gasteiger partial charge in [-0.25, -0.2) is 9.97 Å². The lowest BCUT2D eigenvalue weighted by molar-refractivity contribution is 0.0954. The van der Waals surface area contributed by atoms with Gasteiger partial charge in [-0.3, -0.25) is 9.18 Å². The summed E-state index contributed by atoms with van der Waals surface area (Å²) in [7, 11) is 0. The van der Waals surface area contributed by atoms with E-state index in [1.54, 1.807) is 18.3 Å². The molecule has 1 aliphatic rings. The minimum absolute atomic E-state index is 0.164. The van der Waals surface area contributed by atoms with Gasteiger partial charge in [-0.15, -0.1) is 0 Å². The second kappa shape index (κ2) is 4.34. The van der Waals surface area contributed by atoms with Crippen molar-refractivity contribution in [3.05, 3.63) is 29.6 Å². The Balaban J connectivity index is 2.01. The SMILES string of the molecule is Nc1nccc(-c2cc3c([nH]2)C(CCF)NC3=O)n1. The lowest BCUT2D eigenvalue weighted by atomic mass is 10.1. The number of nitrogens with zero attached hydrogens (tertiary/aromatic N) is 2. The highest BCUT2D eigenvalue weighted by Gasteiger charge is 2.31. The lowest BCUT2D eigenvalue weighted by Crippen LogP contribution is -2.20. The van der Waals surface area contributed by atoms with Gasteiger partial charge in [-0.05, 0) is 12.1 Å². The van der Waals surface area contributed by atoms with Crippen molar-refractivity contribution < 1.29 is 9.18 Å². The quantitative estimate of drug-likeness (QED) is 0.773. The molecule has 0 aliphatic carbocycles. The van der Waals surface area contributed by atoms with E-state index < -0.39 is 6.67 Å². The fourth-order valence-corrected chi connectivity index (χ4v) is 2.23. The molecular weight excluding hydrogens is 249 g/mol. The Morgan fingerprint density at radius 3 is 3.05 bits per heavy atom. The molecule has 3 heterocycles. The number of rotatable bonds is 3. The van der Waals surface area contributed by atoms with Gasteiger partial charge >= 0.3 is 0 Å². The zero-order valence-electron chi connectivity index (χ0n) is 9.98. The van der Waals surface area contributed by atoms with Crippen LogP contribution >= 0.6 is 0 Å². The third-order valence-corrected chi connectivity index (χ3v) is 3.09. The average molecular weight is 261 g/mol. The number of alkyl halides is 1. The van der Waals surface area contributed by atoms with Crippen molar-refractivity contribution in [1.82, 2.24) is 20.3 Å². The molecule has 19 heavy (non-hydrogen) atoms. The van der Waals surface area contributed by atoms with E-state index in [2.05, 4.69) is 20.3 Å². The fraction of sp³-hybridized carbons (Fsp3) is 0.250. The normalized spacial score (nSPS) is 17.3. The summed E-state index contributed by atoms with van der Waals surface area (Å²) in [6.07, 6.45) is 1.80. The topological polar surface area (TPSA) is 96.7 Å². The Kier molecular flexibility index (Phi) is 2.66. The van der Waals surface area contributed by atoms with Crippen LogP contribution in [0.5, 0.6) is 0 Å². The van der Waals surface area contributed by atoms with Crippen LogP contribution in [0.3, 0.4) is 0 Å². The summed E-state index contributed by atoms with van der Waals surface area (Å²) in [5, 5.41) is 2.72. The van der Waals surface area contributed by atoms with Gasteiger partial charge in [-0.2, -0.15) is 0 Å². The smallest absolute Gasteiger partial charge is 0.253 e. The number of halogens is 1. The first-order valence-corrected chi connectivity index (χ1v) is 5.87. The summed E-state index contributed by atoms with van der Waals surface area (Å²) < 4.78 is 12.4. The van der Waals surface area contributed by atoms with Crippen molar-refractivity contribution in [2.24, 2.45) is 0 Å². The van der Waals surface area contributed by atoms with Crippen molar-refractivity contribution in [2.75, 3.05) is 12.4 Å². The Bertz CT molecular complexity index is 639. The first kappa shape index (κ1) is 11.6. The van der Waals surface area contributed by atoms with Crippen molar-refractivity contribution >= 4 is 11.9 Å². The summed E-state index contributed by atoms with van der Waals surface area (Å²) in [4.78, 5) is 22.8. The van der Waals surface area contributed by atoms with Gasteiger partial charge in [0.05, 0.1) is 35.4 Å². The first-order chi connectivity index (χ1) is 9.19. The van der Waals surface area contributed by atoms with Crippen LogP contribution in [0.25, 0.3) is 11.4 Å². The van der Waals surface area contributed by atoms with Gasteiger partial charge in [0.2, 0.25) is 5.95 Å². The molecule has 0 saturated carbocycles. The van der Waals surface area contributed by atoms with E-state index in [1.807, 2.05) is 0 Å². The Labute approximate surface area is 108 Å². The van der Waals surface area contributed by atoms with Crippen LogP contribution < -0.4 is 11.1 Å². The van der Waals surface area contributed by atoms with Gasteiger partial charge in [0.15, 0.2) is 0 Å². The fourth-order valence-electron chi connectivity index (χ4n) is 2.23. The molecule has 98 valence electrons. The molecule has 1 atom stereocenters. The van der Waals surface area contributed by atoms with Gasteiger partial charge in [0.1, 0.15) is 0 Å². The summed E-state index contributed by atoms with van der Waals surface area (Å²) in [6.45, 7) is -0.487. The standard InChI is InChI=1S/C12H12FN5O/c13-3-1-8-10-6(11(19)17-8)5-9(16-10)7-2-4-15-12(14)18-7/h2,4-5,8,16H,1,3H2,(H,17,19)(H2,14,15,18). The third kappa shape index (κ3) is 1.92. The molecule has 6 nitrogen and oxygen atoms in total. The zero-order valence-corrected chi connectivity index (χ0v) is 9.98. The summed E-state index contributed by atoms with van der Waals surface area (Å²) >= 11 is 0. The molecule has 1 amide bonds. The number of anilines is 1. The molecule has 0 saturated heterocycles. The summed E-state index contributed by atoms with van der Waals surface area (Å²) in [5.74, 6) is -0.0324. The molecular formula is C12H12FN5O.